The zero-order valence-corrected chi connectivity index (χ0v) is 16.7. The number of hydrogen-bond acceptors (Lipinski definition) is 1. The van der Waals surface area contributed by atoms with Gasteiger partial charge in [-0.2, -0.15) is 0 Å². The smallest absolute Gasteiger partial charge is 0.129 e. The Bertz CT molecular complexity index is 418. The van der Waals surface area contributed by atoms with E-state index in [0.29, 0.717) is 18.3 Å². The first-order valence-corrected chi connectivity index (χ1v) is 9.06. The molecule has 0 aliphatic rings. The van der Waals surface area contributed by atoms with Gasteiger partial charge in [0.1, 0.15) is 11.6 Å². The van der Waals surface area contributed by atoms with Gasteiger partial charge >= 0.3 is 0 Å². The van der Waals surface area contributed by atoms with E-state index in [1.165, 1.54) is 16.7 Å². The summed E-state index contributed by atoms with van der Waals surface area (Å²) in [6.45, 7) is 18.2. The van der Waals surface area contributed by atoms with Crippen LogP contribution in [-0.4, -0.2) is 5.78 Å². The maximum atomic E-state index is 13.6. The Morgan fingerprint density at radius 3 is 1.57 bits per heavy atom. The van der Waals surface area contributed by atoms with Crippen LogP contribution in [-0.2, 0) is 11.2 Å². The number of ketones is 1. The van der Waals surface area contributed by atoms with E-state index < -0.39 is 0 Å². The summed E-state index contributed by atoms with van der Waals surface area (Å²) in [5.41, 5.74) is 3.74. The third-order valence-corrected chi connectivity index (χ3v) is 3.53. The number of rotatable bonds is 5. The summed E-state index contributed by atoms with van der Waals surface area (Å²) in [6, 6.07) is 3.42. The van der Waals surface area contributed by atoms with E-state index in [9.17, 15) is 9.18 Å². The lowest BCUT2D eigenvalue weighted by atomic mass is 9.86. The van der Waals surface area contributed by atoms with Crippen LogP contribution in [0, 0.1) is 5.82 Å². The van der Waals surface area contributed by atoms with Gasteiger partial charge < -0.3 is 4.79 Å². The molecule has 0 spiro atoms. The van der Waals surface area contributed by atoms with Gasteiger partial charge in [0.2, 0.25) is 0 Å². The van der Waals surface area contributed by atoms with Gasteiger partial charge in [-0.25, -0.2) is 4.39 Å². The molecule has 134 valence electrons. The fraction of sp³-hybridized carbons (Fsp3) is 0.667. The van der Waals surface area contributed by atoms with Gasteiger partial charge in [-0.05, 0) is 54.0 Å². The van der Waals surface area contributed by atoms with Crippen LogP contribution in [0.3, 0.4) is 0 Å². The molecule has 0 saturated carbocycles. The van der Waals surface area contributed by atoms with E-state index in [4.69, 9.17) is 0 Å². The van der Waals surface area contributed by atoms with Crippen LogP contribution in [0.15, 0.2) is 12.1 Å². The lowest BCUT2D eigenvalue weighted by Gasteiger charge is -2.19. The van der Waals surface area contributed by atoms with Crippen molar-refractivity contribution in [2.45, 2.75) is 93.4 Å². The van der Waals surface area contributed by atoms with Crippen LogP contribution in [0.4, 0.5) is 4.39 Å². The summed E-state index contributed by atoms with van der Waals surface area (Å²) < 4.78 is 13.6. The highest BCUT2D eigenvalue weighted by molar-refractivity contribution is 5.74. The topological polar surface area (TPSA) is 17.1 Å². The first-order valence-electron chi connectivity index (χ1n) is 9.06. The van der Waals surface area contributed by atoms with Gasteiger partial charge in [0.25, 0.3) is 0 Å². The minimum absolute atomic E-state index is 0.0905. The number of hydrogen-bond donors (Lipinski definition) is 0. The minimum Gasteiger partial charge on any atom is -0.300 e. The second-order valence-corrected chi connectivity index (χ2v) is 6.18. The number of benzene rings is 1. The van der Waals surface area contributed by atoms with Crippen molar-refractivity contribution in [2.24, 2.45) is 0 Å². The van der Waals surface area contributed by atoms with Gasteiger partial charge in [0.05, 0.1) is 0 Å². The van der Waals surface area contributed by atoms with E-state index in [2.05, 4.69) is 34.6 Å². The van der Waals surface area contributed by atoms with Crippen LogP contribution in [0.1, 0.15) is 104 Å². The summed E-state index contributed by atoms with van der Waals surface area (Å²) in [6.07, 6.45) is 2.84. The number of carbonyl (C=O) groups excluding carboxylic acids is 1. The normalized spacial score (nSPS) is 9.91. The first-order chi connectivity index (χ1) is 10.7. The van der Waals surface area contributed by atoms with Crippen LogP contribution in [0.25, 0.3) is 0 Å². The maximum absolute atomic E-state index is 13.6. The molecule has 1 nitrogen and oxygen atoms in total. The van der Waals surface area contributed by atoms with Gasteiger partial charge in [-0.1, -0.05) is 61.8 Å². The predicted octanol–water partition coefficient (Wildman–Crippen LogP) is 7.04. The quantitative estimate of drug-likeness (QED) is 0.568. The number of Topliss-reactive ketones (excluding diaryl/α,β-unsaturated/α-hetero) is 1. The summed E-state index contributed by atoms with van der Waals surface area (Å²) in [7, 11) is 0. The molecule has 0 aliphatic heterocycles. The van der Waals surface area contributed by atoms with Crippen LogP contribution < -0.4 is 0 Å². The summed E-state index contributed by atoms with van der Waals surface area (Å²) in [5, 5.41) is 0. The molecule has 1 aromatic rings. The summed E-state index contributed by atoms with van der Waals surface area (Å²) >= 11 is 0. The number of halogens is 1. The largest absolute Gasteiger partial charge is 0.300 e. The molecule has 2 heteroatoms. The summed E-state index contributed by atoms with van der Waals surface area (Å²) in [5.74, 6) is 0.960. The summed E-state index contributed by atoms with van der Waals surface area (Å²) in [4.78, 5) is 9.81. The molecule has 0 unspecified atom stereocenters. The molecule has 0 atom stereocenters. The lowest BCUT2D eigenvalue weighted by Crippen LogP contribution is -2.04. The van der Waals surface area contributed by atoms with Gasteiger partial charge in [0.15, 0.2) is 0 Å². The third-order valence-electron chi connectivity index (χ3n) is 3.53. The Morgan fingerprint density at radius 1 is 1.00 bits per heavy atom. The molecule has 1 aromatic carbocycles. The zero-order chi connectivity index (χ0) is 18.6. The van der Waals surface area contributed by atoms with Crippen LogP contribution >= 0.6 is 0 Å². The van der Waals surface area contributed by atoms with Crippen molar-refractivity contribution >= 4 is 5.78 Å². The zero-order valence-electron chi connectivity index (χ0n) is 16.7. The predicted molar refractivity (Wildman–Crippen MR) is 101 cm³/mol. The molecule has 0 amide bonds. The Balaban J connectivity index is 0. The molecular weight excluding hydrogens is 287 g/mol. The highest BCUT2D eigenvalue weighted by Crippen LogP contribution is 2.29. The molecule has 0 N–H and O–H groups in total. The molecule has 0 heterocycles. The fourth-order valence-electron chi connectivity index (χ4n) is 2.25. The Hall–Kier alpha value is -1.18. The average molecular weight is 325 g/mol. The van der Waals surface area contributed by atoms with Crippen molar-refractivity contribution in [3.05, 3.63) is 34.6 Å². The molecule has 0 bridgehead atoms. The molecular formula is C21H37FO. The molecule has 0 radical (unpaired) electrons. The molecule has 0 saturated heterocycles. The SMILES string of the molecule is CC.CCC(C)=O.CCCc1c(C(C)C)cc(F)cc1C(C)C. The van der Waals surface area contributed by atoms with E-state index >= 15 is 0 Å². The van der Waals surface area contributed by atoms with Crippen LogP contribution in [0.5, 0.6) is 0 Å². The van der Waals surface area contributed by atoms with Crippen LogP contribution in [0.2, 0.25) is 0 Å². The van der Waals surface area contributed by atoms with Crippen molar-refractivity contribution in [3.8, 4) is 0 Å². The van der Waals surface area contributed by atoms with E-state index in [0.717, 1.165) is 12.8 Å². The van der Waals surface area contributed by atoms with E-state index in [1.54, 1.807) is 19.1 Å². The minimum atomic E-state index is -0.0905. The highest BCUT2D eigenvalue weighted by atomic mass is 19.1. The van der Waals surface area contributed by atoms with Gasteiger partial charge in [0, 0.05) is 6.42 Å². The van der Waals surface area contributed by atoms with Crippen molar-refractivity contribution in [1.82, 2.24) is 0 Å². The van der Waals surface area contributed by atoms with Crippen molar-refractivity contribution in [2.75, 3.05) is 0 Å². The Labute approximate surface area is 143 Å². The standard InChI is InChI=1S/C15H23F.C4H8O.C2H6/c1-6-7-13-14(10(2)3)8-12(16)9-15(13)11(4)5;1-3-4(2)5;1-2/h8-11H,6-7H2,1-5H3;3H2,1-2H3;1-2H3. The maximum Gasteiger partial charge on any atom is 0.129 e. The molecule has 0 aromatic heterocycles. The van der Waals surface area contributed by atoms with E-state index in [-0.39, 0.29) is 11.6 Å². The average Bonchev–Trinajstić information content (AvgIpc) is 2.50. The second kappa shape index (κ2) is 13.3. The lowest BCUT2D eigenvalue weighted by molar-refractivity contribution is -0.116. The first kappa shape index (κ1) is 24.1. The molecule has 1 rings (SSSR count). The van der Waals surface area contributed by atoms with Gasteiger partial charge in [-0.3, -0.25) is 0 Å². The molecule has 23 heavy (non-hydrogen) atoms. The van der Waals surface area contributed by atoms with Crippen molar-refractivity contribution < 1.29 is 9.18 Å². The Morgan fingerprint density at radius 2 is 1.35 bits per heavy atom. The second-order valence-electron chi connectivity index (χ2n) is 6.18. The number of carbonyl (C=O) groups is 1. The van der Waals surface area contributed by atoms with Crippen molar-refractivity contribution in [3.63, 3.8) is 0 Å². The highest BCUT2D eigenvalue weighted by Gasteiger charge is 2.14. The third kappa shape index (κ3) is 9.53. The molecule has 0 aliphatic carbocycles. The fourth-order valence-corrected chi connectivity index (χ4v) is 2.25. The van der Waals surface area contributed by atoms with Crippen molar-refractivity contribution in [1.29, 1.82) is 0 Å². The molecule has 0 fully saturated rings. The van der Waals surface area contributed by atoms with E-state index in [1.807, 2.05) is 20.8 Å². The Kier molecular flexibility index (Phi) is 13.9. The van der Waals surface area contributed by atoms with Gasteiger partial charge in [-0.15, -0.1) is 0 Å². The monoisotopic (exact) mass is 324 g/mol.